The molecule has 3 aromatic carbocycles. The first-order valence-corrected chi connectivity index (χ1v) is 8.07. The molecule has 3 nitrogen and oxygen atoms in total. The Balaban J connectivity index is 2.00. The first-order chi connectivity index (χ1) is 10.7. The summed E-state index contributed by atoms with van der Waals surface area (Å²) in [5, 5.41) is 14.6. The van der Waals surface area contributed by atoms with Gasteiger partial charge in [-0.15, -0.1) is 11.8 Å². The van der Waals surface area contributed by atoms with Crippen LogP contribution in [0.15, 0.2) is 65.6 Å². The van der Waals surface area contributed by atoms with Crippen LogP contribution in [-0.4, -0.2) is 17.3 Å². The van der Waals surface area contributed by atoms with Crippen LogP contribution >= 0.6 is 11.8 Å². The Morgan fingerprint density at radius 3 is 2.68 bits per heavy atom. The van der Waals surface area contributed by atoms with Crippen molar-refractivity contribution in [3.05, 3.63) is 66.2 Å². The number of rotatable bonds is 3. The van der Waals surface area contributed by atoms with Gasteiger partial charge in [-0.05, 0) is 41.3 Å². The van der Waals surface area contributed by atoms with Crippen molar-refractivity contribution in [1.82, 2.24) is 0 Å². The summed E-state index contributed by atoms with van der Waals surface area (Å²) < 4.78 is 0. The van der Waals surface area contributed by atoms with E-state index in [4.69, 9.17) is 0 Å². The highest BCUT2D eigenvalue weighted by Crippen LogP contribution is 2.28. The molecule has 0 aromatic heterocycles. The monoisotopic (exact) mass is 309 g/mol. The van der Waals surface area contributed by atoms with Crippen molar-refractivity contribution < 1.29 is 9.90 Å². The zero-order valence-corrected chi connectivity index (χ0v) is 12.9. The Kier molecular flexibility index (Phi) is 4.02. The topological polar surface area (TPSA) is 49.3 Å². The standard InChI is InChI=1S/C18H15NO2S/c1-22-14-7-4-6-13(11-14)19-18(21)17-15-8-3-2-5-12(15)9-10-16(17)20/h2-11,20H,1H3,(H,19,21). The molecule has 0 aliphatic carbocycles. The quantitative estimate of drug-likeness (QED) is 0.699. The normalized spacial score (nSPS) is 10.6. The summed E-state index contributed by atoms with van der Waals surface area (Å²) in [6, 6.07) is 18.5. The minimum atomic E-state index is -0.312. The van der Waals surface area contributed by atoms with E-state index in [1.807, 2.05) is 54.8 Å². The number of hydrogen-bond donors (Lipinski definition) is 2. The van der Waals surface area contributed by atoms with Crippen LogP contribution in [0.2, 0.25) is 0 Å². The molecule has 1 amide bonds. The van der Waals surface area contributed by atoms with Gasteiger partial charge in [0.05, 0.1) is 5.56 Å². The number of benzene rings is 3. The van der Waals surface area contributed by atoms with Crippen molar-refractivity contribution in [2.45, 2.75) is 4.90 Å². The lowest BCUT2D eigenvalue weighted by molar-refractivity contribution is 0.102. The lowest BCUT2D eigenvalue weighted by Crippen LogP contribution is -2.12. The maximum atomic E-state index is 12.6. The van der Waals surface area contributed by atoms with Gasteiger partial charge in [-0.3, -0.25) is 4.79 Å². The number of phenolic OH excluding ortho intramolecular Hbond substituents is 1. The summed E-state index contributed by atoms with van der Waals surface area (Å²) >= 11 is 1.61. The first-order valence-electron chi connectivity index (χ1n) is 6.85. The molecular weight excluding hydrogens is 294 g/mol. The molecule has 0 saturated carbocycles. The molecule has 0 aliphatic heterocycles. The summed E-state index contributed by atoms with van der Waals surface area (Å²) in [6.07, 6.45) is 1.98. The van der Waals surface area contributed by atoms with Gasteiger partial charge in [-0.25, -0.2) is 0 Å². The summed E-state index contributed by atoms with van der Waals surface area (Å²) in [6.45, 7) is 0. The molecule has 3 aromatic rings. The van der Waals surface area contributed by atoms with Gasteiger partial charge in [0.25, 0.3) is 5.91 Å². The lowest BCUT2D eigenvalue weighted by Gasteiger charge is -2.10. The Hall–Kier alpha value is -2.46. The molecule has 2 N–H and O–H groups in total. The maximum absolute atomic E-state index is 12.6. The molecule has 0 radical (unpaired) electrons. The van der Waals surface area contributed by atoms with E-state index in [-0.39, 0.29) is 11.7 Å². The summed E-state index contributed by atoms with van der Waals surface area (Å²) in [7, 11) is 0. The van der Waals surface area contributed by atoms with E-state index in [1.165, 1.54) is 0 Å². The van der Waals surface area contributed by atoms with Crippen LogP contribution in [0, 0.1) is 0 Å². The zero-order chi connectivity index (χ0) is 15.5. The number of carbonyl (C=O) groups excluding carboxylic acids is 1. The van der Waals surface area contributed by atoms with Crippen LogP contribution in [0.5, 0.6) is 5.75 Å². The first kappa shape index (κ1) is 14.5. The number of fused-ring (bicyclic) bond motifs is 1. The van der Waals surface area contributed by atoms with E-state index in [9.17, 15) is 9.90 Å². The molecule has 0 bridgehead atoms. The van der Waals surface area contributed by atoms with Crippen molar-refractivity contribution >= 4 is 34.1 Å². The van der Waals surface area contributed by atoms with Crippen molar-refractivity contribution in [3.63, 3.8) is 0 Å². The Morgan fingerprint density at radius 2 is 1.86 bits per heavy atom. The predicted octanol–water partition coefficient (Wildman–Crippen LogP) is 4.52. The van der Waals surface area contributed by atoms with E-state index in [1.54, 1.807) is 23.9 Å². The molecule has 0 aliphatic rings. The molecule has 3 rings (SSSR count). The fourth-order valence-electron chi connectivity index (χ4n) is 2.39. The van der Waals surface area contributed by atoms with E-state index in [2.05, 4.69) is 5.32 Å². The number of thioether (sulfide) groups is 1. The third-order valence-electron chi connectivity index (χ3n) is 3.46. The number of phenols is 1. The number of anilines is 1. The van der Waals surface area contributed by atoms with E-state index in [0.29, 0.717) is 11.3 Å². The minimum Gasteiger partial charge on any atom is -0.507 e. The van der Waals surface area contributed by atoms with E-state index < -0.39 is 0 Å². The van der Waals surface area contributed by atoms with Gasteiger partial charge in [0.15, 0.2) is 0 Å². The second kappa shape index (κ2) is 6.12. The highest BCUT2D eigenvalue weighted by Gasteiger charge is 2.15. The number of amides is 1. The van der Waals surface area contributed by atoms with Crippen molar-refractivity contribution in [1.29, 1.82) is 0 Å². The smallest absolute Gasteiger partial charge is 0.260 e. The molecule has 110 valence electrons. The van der Waals surface area contributed by atoms with Crippen LogP contribution in [-0.2, 0) is 0 Å². The minimum absolute atomic E-state index is 0.0165. The lowest BCUT2D eigenvalue weighted by atomic mass is 10.0. The Bertz CT molecular complexity index is 845. The fraction of sp³-hybridized carbons (Fsp3) is 0.0556. The fourth-order valence-corrected chi connectivity index (χ4v) is 2.85. The highest BCUT2D eigenvalue weighted by atomic mass is 32.2. The second-order valence-electron chi connectivity index (χ2n) is 4.87. The van der Waals surface area contributed by atoms with Crippen LogP contribution in [0.25, 0.3) is 10.8 Å². The number of aromatic hydroxyl groups is 1. The van der Waals surface area contributed by atoms with Gasteiger partial charge in [-0.1, -0.05) is 36.4 Å². The van der Waals surface area contributed by atoms with Crippen LogP contribution in [0.4, 0.5) is 5.69 Å². The van der Waals surface area contributed by atoms with Gasteiger partial charge >= 0.3 is 0 Å². The molecule has 4 heteroatoms. The van der Waals surface area contributed by atoms with Crippen molar-refractivity contribution in [3.8, 4) is 5.75 Å². The largest absolute Gasteiger partial charge is 0.507 e. The molecule has 22 heavy (non-hydrogen) atoms. The number of hydrogen-bond acceptors (Lipinski definition) is 3. The average molecular weight is 309 g/mol. The number of carbonyl (C=O) groups is 1. The van der Waals surface area contributed by atoms with Crippen LogP contribution in [0.1, 0.15) is 10.4 Å². The van der Waals surface area contributed by atoms with Crippen molar-refractivity contribution in [2.24, 2.45) is 0 Å². The summed E-state index contributed by atoms with van der Waals surface area (Å²) in [5.74, 6) is -0.329. The predicted molar refractivity (Wildman–Crippen MR) is 91.8 cm³/mol. The third kappa shape index (κ3) is 2.78. The molecule has 0 unspecified atom stereocenters. The zero-order valence-electron chi connectivity index (χ0n) is 12.0. The summed E-state index contributed by atoms with van der Waals surface area (Å²) in [5.41, 5.74) is 1.01. The molecule has 0 heterocycles. The second-order valence-corrected chi connectivity index (χ2v) is 5.75. The van der Waals surface area contributed by atoms with Crippen molar-refractivity contribution in [2.75, 3.05) is 11.6 Å². The van der Waals surface area contributed by atoms with Gasteiger partial charge in [-0.2, -0.15) is 0 Å². The van der Waals surface area contributed by atoms with E-state index >= 15 is 0 Å². The van der Waals surface area contributed by atoms with Gasteiger partial charge in [0.1, 0.15) is 5.75 Å². The third-order valence-corrected chi connectivity index (χ3v) is 4.19. The maximum Gasteiger partial charge on any atom is 0.260 e. The molecular formula is C18H15NO2S. The van der Waals surface area contributed by atoms with Gasteiger partial charge in [0, 0.05) is 10.6 Å². The van der Waals surface area contributed by atoms with E-state index in [0.717, 1.165) is 15.7 Å². The van der Waals surface area contributed by atoms with Crippen LogP contribution in [0.3, 0.4) is 0 Å². The number of nitrogens with one attached hydrogen (secondary N) is 1. The van der Waals surface area contributed by atoms with Crippen LogP contribution < -0.4 is 5.32 Å². The molecule has 0 fully saturated rings. The Labute approximate surface area is 133 Å². The SMILES string of the molecule is CSc1cccc(NC(=O)c2c(O)ccc3ccccc23)c1. The summed E-state index contributed by atoms with van der Waals surface area (Å²) in [4.78, 5) is 13.6. The average Bonchev–Trinajstić information content (AvgIpc) is 2.54. The van der Waals surface area contributed by atoms with Gasteiger partial charge < -0.3 is 10.4 Å². The molecule has 0 saturated heterocycles. The highest BCUT2D eigenvalue weighted by molar-refractivity contribution is 7.98. The van der Waals surface area contributed by atoms with Gasteiger partial charge in [0.2, 0.25) is 0 Å². The molecule has 0 spiro atoms. The Morgan fingerprint density at radius 1 is 1.05 bits per heavy atom. The molecule has 0 atom stereocenters.